The maximum absolute atomic E-state index is 12.9. The summed E-state index contributed by atoms with van der Waals surface area (Å²) in [7, 11) is -3.91. The Labute approximate surface area is 87.9 Å². The van der Waals surface area contributed by atoms with Crippen LogP contribution in [0, 0.1) is 5.82 Å². The molecule has 0 amide bonds. The highest BCUT2D eigenvalue weighted by Gasteiger charge is 2.13. The standard InChI is InChI=1S/C6H4BrClFNO2S/c7-6-4(8)1-3(2-5(6)9)13(10,11)12/h1-2H,(H2,10,11,12). The Bertz CT molecular complexity index is 425. The Balaban J connectivity index is 3.47. The first-order chi connectivity index (χ1) is 5.82. The van der Waals surface area contributed by atoms with Gasteiger partial charge in [0.05, 0.1) is 14.4 Å². The first-order valence-corrected chi connectivity index (χ1v) is 5.71. The maximum Gasteiger partial charge on any atom is 0.238 e. The summed E-state index contributed by atoms with van der Waals surface area (Å²) in [6.45, 7) is 0. The Morgan fingerprint density at radius 2 is 2.00 bits per heavy atom. The monoisotopic (exact) mass is 287 g/mol. The largest absolute Gasteiger partial charge is 0.238 e. The van der Waals surface area contributed by atoms with Crippen molar-refractivity contribution in [2.75, 3.05) is 0 Å². The van der Waals surface area contributed by atoms with Crippen LogP contribution in [0.4, 0.5) is 4.39 Å². The molecule has 0 spiro atoms. The van der Waals surface area contributed by atoms with Gasteiger partial charge in [-0.1, -0.05) is 11.6 Å². The number of hydrogen-bond donors (Lipinski definition) is 1. The molecule has 2 N–H and O–H groups in total. The fourth-order valence-electron chi connectivity index (χ4n) is 0.697. The van der Waals surface area contributed by atoms with E-state index in [1.54, 1.807) is 0 Å². The minimum absolute atomic E-state index is 0.0153. The van der Waals surface area contributed by atoms with E-state index in [0.29, 0.717) is 0 Å². The minimum atomic E-state index is -3.91. The molecular weight excluding hydrogens is 284 g/mol. The van der Waals surface area contributed by atoms with Crippen LogP contribution in [0.5, 0.6) is 0 Å². The number of rotatable bonds is 1. The third-order valence-corrected chi connectivity index (χ3v) is 3.51. The normalized spacial score (nSPS) is 11.7. The van der Waals surface area contributed by atoms with Gasteiger partial charge in [-0.15, -0.1) is 0 Å². The Morgan fingerprint density at radius 1 is 1.46 bits per heavy atom. The Hall–Kier alpha value is -0.170. The van der Waals surface area contributed by atoms with E-state index in [9.17, 15) is 12.8 Å². The quantitative estimate of drug-likeness (QED) is 0.802. The second-order valence-corrected chi connectivity index (χ2v) is 5.01. The van der Waals surface area contributed by atoms with Crippen LogP contribution in [0.2, 0.25) is 5.02 Å². The summed E-state index contributed by atoms with van der Waals surface area (Å²) in [5, 5.41) is 4.74. The summed E-state index contributed by atoms with van der Waals surface area (Å²) in [5.41, 5.74) is 0. The second kappa shape index (κ2) is 3.53. The molecule has 0 unspecified atom stereocenters. The van der Waals surface area contributed by atoms with E-state index in [4.69, 9.17) is 16.7 Å². The fraction of sp³-hybridized carbons (Fsp3) is 0. The van der Waals surface area contributed by atoms with Crippen LogP contribution >= 0.6 is 27.5 Å². The van der Waals surface area contributed by atoms with Crippen molar-refractivity contribution in [3.63, 3.8) is 0 Å². The zero-order valence-corrected chi connectivity index (χ0v) is 9.25. The Morgan fingerprint density at radius 3 is 2.38 bits per heavy atom. The predicted octanol–water partition coefficient (Wildman–Crippen LogP) is 1.89. The van der Waals surface area contributed by atoms with Gasteiger partial charge in [-0.25, -0.2) is 17.9 Å². The van der Waals surface area contributed by atoms with Gasteiger partial charge in [-0.2, -0.15) is 0 Å². The lowest BCUT2D eigenvalue weighted by molar-refractivity contribution is 0.591. The fourth-order valence-corrected chi connectivity index (χ4v) is 1.75. The van der Waals surface area contributed by atoms with Crippen LogP contribution in [0.15, 0.2) is 21.5 Å². The van der Waals surface area contributed by atoms with E-state index >= 15 is 0 Å². The average Bonchev–Trinajstić information content (AvgIpc) is 1.97. The zero-order valence-electron chi connectivity index (χ0n) is 6.09. The second-order valence-electron chi connectivity index (χ2n) is 2.25. The molecule has 1 aromatic rings. The van der Waals surface area contributed by atoms with Gasteiger partial charge in [0, 0.05) is 0 Å². The van der Waals surface area contributed by atoms with Gasteiger partial charge in [0.25, 0.3) is 0 Å². The molecule has 3 nitrogen and oxygen atoms in total. The van der Waals surface area contributed by atoms with Crippen molar-refractivity contribution >= 4 is 37.6 Å². The Kier molecular flexibility index (Phi) is 2.96. The molecule has 0 saturated heterocycles. The number of sulfonamides is 1. The molecule has 0 aliphatic heterocycles. The summed E-state index contributed by atoms with van der Waals surface area (Å²) in [4.78, 5) is -0.349. The first-order valence-electron chi connectivity index (χ1n) is 2.99. The van der Waals surface area contributed by atoms with E-state index in [-0.39, 0.29) is 14.4 Å². The van der Waals surface area contributed by atoms with E-state index in [1.165, 1.54) is 0 Å². The van der Waals surface area contributed by atoms with Crippen molar-refractivity contribution in [2.24, 2.45) is 5.14 Å². The van der Waals surface area contributed by atoms with Crippen LogP contribution in [0.25, 0.3) is 0 Å². The van der Waals surface area contributed by atoms with Crippen molar-refractivity contribution in [3.8, 4) is 0 Å². The lowest BCUT2D eigenvalue weighted by Crippen LogP contribution is -2.12. The highest BCUT2D eigenvalue weighted by Crippen LogP contribution is 2.28. The average molecular weight is 289 g/mol. The highest BCUT2D eigenvalue weighted by atomic mass is 79.9. The molecule has 0 aliphatic rings. The molecule has 0 bridgehead atoms. The number of benzene rings is 1. The third-order valence-electron chi connectivity index (χ3n) is 1.29. The van der Waals surface area contributed by atoms with Crippen molar-refractivity contribution in [1.82, 2.24) is 0 Å². The van der Waals surface area contributed by atoms with Gasteiger partial charge in [0.1, 0.15) is 5.82 Å². The summed E-state index contributed by atoms with van der Waals surface area (Å²) in [5.74, 6) is -0.767. The minimum Gasteiger partial charge on any atom is -0.225 e. The smallest absolute Gasteiger partial charge is 0.225 e. The summed E-state index contributed by atoms with van der Waals surface area (Å²) in [6, 6.07) is 1.87. The van der Waals surface area contributed by atoms with Gasteiger partial charge >= 0.3 is 0 Å². The first kappa shape index (κ1) is 10.9. The number of primary sulfonamides is 1. The van der Waals surface area contributed by atoms with E-state index in [0.717, 1.165) is 12.1 Å². The highest BCUT2D eigenvalue weighted by molar-refractivity contribution is 9.10. The number of nitrogens with two attached hydrogens (primary N) is 1. The zero-order chi connectivity index (χ0) is 10.2. The van der Waals surface area contributed by atoms with Crippen molar-refractivity contribution in [2.45, 2.75) is 4.90 Å². The molecular formula is C6H4BrClFNO2S. The molecule has 72 valence electrons. The van der Waals surface area contributed by atoms with Crippen molar-refractivity contribution in [1.29, 1.82) is 0 Å². The van der Waals surface area contributed by atoms with E-state index in [2.05, 4.69) is 15.9 Å². The summed E-state index contributed by atoms with van der Waals surface area (Å²) < 4.78 is 34.5. The number of hydrogen-bond acceptors (Lipinski definition) is 2. The van der Waals surface area contributed by atoms with Gasteiger partial charge in [-0.3, -0.25) is 0 Å². The van der Waals surface area contributed by atoms with Gasteiger partial charge in [-0.05, 0) is 28.1 Å². The third kappa shape index (κ3) is 2.40. The van der Waals surface area contributed by atoms with Crippen molar-refractivity contribution in [3.05, 3.63) is 27.4 Å². The van der Waals surface area contributed by atoms with Crippen LogP contribution in [0.1, 0.15) is 0 Å². The predicted molar refractivity (Wildman–Crippen MR) is 50.5 cm³/mol. The molecule has 0 aliphatic carbocycles. The molecule has 0 aromatic heterocycles. The van der Waals surface area contributed by atoms with E-state index in [1.807, 2.05) is 0 Å². The molecule has 0 fully saturated rings. The van der Waals surface area contributed by atoms with Crippen LogP contribution in [-0.4, -0.2) is 8.42 Å². The SMILES string of the molecule is NS(=O)(=O)c1cc(F)c(Br)c(Cl)c1. The van der Waals surface area contributed by atoms with Crippen LogP contribution < -0.4 is 5.14 Å². The van der Waals surface area contributed by atoms with Crippen LogP contribution in [0.3, 0.4) is 0 Å². The van der Waals surface area contributed by atoms with E-state index < -0.39 is 15.8 Å². The topological polar surface area (TPSA) is 60.2 Å². The number of halogens is 3. The maximum atomic E-state index is 12.9. The molecule has 0 atom stereocenters. The van der Waals surface area contributed by atoms with Gasteiger partial charge in [0.15, 0.2) is 0 Å². The summed E-state index contributed by atoms with van der Waals surface area (Å²) >= 11 is 8.36. The lowest BCUT2D eigenvalue weighted by atomic mass is 10.3. The van der Waals surface area contributed by atoms with Crippen LogP contribution in [-0.2, 0) is 10.0 Å². The molecule has 1 rings (SSSR count). The molecule has 0 saturated carbocycles. The summed E-state index contributed by atoms with van der Waals surface area (Å²) in [6.07, 6.45) is 0. The molecule has 1 aromatic carbocycles. The van der Waals surface area contributed by atoms with Gasteiger partial charge in [0.2, 0.25) is 10.0 Å². The lowest BCUT2D eigenvalue weighted by Gasteiger charge is -2.01. The molecule has 13 heavy (non-hydrogen) atoms. The van der Waals surface area contributed by atoms with Gasteiger partial charge < -0.3 is 0 Å². The molecule has 7 heteroatoms. The molecule has 0 radical (unpaired) electrons. The van der Waals surface area contributed by atoms with Crippen molar-refractivity contribution < 1.29 is 12.8 Å². The molecule has 0 heterocycles.